The summed E-state index contributed by atoms with van der Waals surface area (Å²) in [4.78, 5) is 13.5. The van der Waals surface area contributed by atoms with Crippen LogP contribution in [0.1, 0.15) is 51.0 Å². The Kier molecular flexibility index (Phi) is 3.73. The van der Waals surface area contributed by atoms with Crippen LogP contribution in [-0.4, -0.2) is 5.78 Å². The third kappa shape index (κ3) is 2.18. The Morgan fingerprint density at radius 1 is 0.759 bits per heavy atom. The van der Waals surface area contributed by atoms with Crippen LogP contribution in [-0.2, 0) is 5.41 Å². The van der Waals surface area contributed by atoms with Crippen molar-refractivity contribution in [2.24, 2.45) is 0 Å². The van der Waals surface area contributed by atoms with Crippen molar-refractivity contribution in [1.29, 1.82) is 0 Å². The lowest BCUT2D eigenvalue weighted by Gasteiger charge is -2.41. The van der Waals surface area contributed by atoms with Gasteiger partial charge in [-0.15, -0.1) is 0 Å². The van der Waals surface area contributed by atoms with E-state index >= 15 is 0 Å². The van der Waals surface area contributed by atoms with Crippen LogP contribution in [0.5, 0.6) is 0 Å². The molecule has 6 rings (SSSR count). The third-order valence-corrected chi connectivity index (χ3v) is 7.49. The zero-order valence-electron chi connectivity index (χ0n) is 15.5. The molecule has 0 heterocycles. The van der Waals surface area contributed by atoms with Gasteiger partial charge in [-0.3, -0.25) is 4.79 Å². The van der Waals surface area contributed by atoms with Crippen LogP contribution >= 0.6 is 31.9 Å². The summed E-state index contributed by atoms with van der Waals surface area (Å²) in [5.74, 6) is 0.104. The molecule has 0 saturated carbocycles. The van der Waals surface area contributed by atoms with Gasteiger partial charge in [0.1, 0.15) is 0 Å². The van der Waals surface area contributed by atoms with Crippen molar-refractivity contribution in [2.75, 3.05) is 0 Å². The van der Waals surface area contributed by atoms with Gasteiger partial charge in [0.2, 0.25) is 0 Å². The molecule has 1 nitrogen and oxygen atoms in total. The Morgan fingerprint density at radius 2 is 1.52 bits per heavy atom. The fourth-order valence-corrected chi connectivity index (χ4v) is 6.20. The van der Waals surface area contributed by atoms with E-state index in [1.54, 1.807) is 0 Å². The number of benzene rings is 3. The Morgan fingerprint density at radius 3 is 2.41 bits per heavy atom. The van der Waals surface area contributed by atoms with E-state index in [9.17, 15) is 4.79 Å². The van der Waals surface area contributed by atoms with E-state index in [-0.39, 0.29) is 5.78 Å². The molecule has 3 aliphatic rings. The third-order valence-electron chi connectivity index (χ3n) is 6.51. The highest BCUT2D eigenvalue weighted by Crippen LogP contribution is 2.60. The minimum Gasteiger partial charge on any atom is -0.289 e. The molecule has 0 saturated heterocycles. The molecule has 0 N–H and O–H groups in total. The molecule has 3 aromatic rings. The molecule has 1 atom stereocenters. The van der Waals surface area contributed by atoms with Crippen molar-refractivity contribution < 1.29 is 4.79 Å². The Bertz CT molecular complexity index is 1300. The molecule has 29 heavy (non-hydrogen) atoms. The Labute approximate surface area is 186 Å². The van der Waals surface area contributed by atoms with Crippen molar-refractivity contribution >= 4 is 43.2 Å². The van der Waals surface area contributed by atoms with E-state index in [1.807, 2.05) is 18.2 Å². The van der Waals surface area contributed by atoms with Crippen LogP contribution in [0.2, 0.25) is 0 Å². The van der Waals surface area contributed by atoms with Gasteiger partial charge in [0, 0.05) is 20.1 Å². The van der Waals surface area contributed by atoms with Crippen LogP contribution in [0.3, 0.4) is 0 Å². The lowest BCUT2D eigenvalue weighted by molar-refractivity contribution is 0.103. The smallest absolute Gasteiger partial charge is 0.193 e. The van der Waals surface area contributed by atoms with Crippen molar-refractivity contribution in [3.63, 3.8) is 0 Å². The lowest BCUT2D eigenvalue weighted by Crippen LogP contribution is -2.37. The van der Waals surface area contributed by atoms with Gasteiger partial charge in [0.15, 0.2) is 5.78 Å². The van der Waals surface area contributed by atoms with Gasteiger partial charge >= 0.3 is 0 Å². The second-order valence-electron chi connectivity index (χ2n) is 7.84. The van der Waals surface area contributed by atoms with Gasteiger partial charge in [0.25, 0.3) is 0 Å². The monoisotopic (exact) mass is 502 g/mol. The van der Waals surface area contributed by atoms with Gasteiger partial charge in [-0.25, -0.2) is 0 Å². The second-order valence-corrected chi connectivity index (χ2v) is 9.67. The molecule has 0 aliphatic heterocycles. The minimum absolute atomic E-state index is 0.104. The molecule has 3 aliphatic carbocycles. The van der Waals surface area contributed by atoms with Crippen LogP contribution in [0, 0.1) is 0 Å². The molecule has 0 fully saturated rings. The average Bonchev–Trinajstić information content (AvgIpc) is 3.04. The van der Waals surface area contributed by atoms with E-state index in [4.69, 9.17) is 0 Å². The first kappa shape index (κ1) is 17.6. The quantitative estimate of drug-likeness (QED) is 0.316. The molecule has 0 aromatic heterocycles. The number of hydrogen-bond donors (Lipinski definition) is 0. The molecule has 0 amide bonds. The molecule has 3 aromatic carbocycles. The first-order chi connectivity index (χ1) is 14.1. The van der Waals surface area contributed by atoms with Crippen molar-refractivity contribution in [2.45, 2.75) is 18.3 Å². The summed E-state index contributed by atoms with van der Waals surface area (Å²) >= 11 is 7.26. The normalized spacial score (nSPS) is 21.1. The SMILES string of the molecule is O=C1c2cc(Br)ccc2C2(C3=C(C=CCC3)c3ccccc32)c2cc(Br)ccc21. The van der Waals surface area contributed by atoms with Crippen molar-refractivity contribution in [3.8, 4) is 0 Å². The first-order valence-electron chi connectivity index (χ1n) is 9.77. The van der Waals surface area contributed by atoms with Gasteiger partial charge < -0.3 is 0 Å². The van der Waals surface area contributed by atoms with E-state index in [2.05, 4.69) is 86.5 Å². The number of ketones is 1. The van der Waals surface area contributed by atoms with E-state index in [1.165, 1.54) is 22.3 Å². The summed E-state index contributed by atoms with van der Waals surface area (Å²) < 4.78 is 1.94. The molecule has 0 bridgehead atoms. The van der Waals surface area contributed by atoms with Crippen LogP contribution < -0.4 is 0 Å². The van der Waals surface area contributed by atoms with Gasteiger partial charge in [-0.05, 0) is 76.6 Å². The lowest BCUT2D eigenvalue weighted by atomic mass is 9.60. The van der Waals surface area contributed by atoms with E-state index in [0.717, 1.165) is 44.0 Å². The van der Waals surface area contributed by atoms with Crippen molar-refractivity contribution in [1.82, 2.24) is 0 Å². The largest absolute Gasteiger partial charge is 0.289 e. The highest BCUT2D eigenvalue weighted by atomic mass is 79.9. The van der Waals surface area contributed by atoms with Gasteiger partial charge in [0.05, 0.1) is 5.41 Å². The van der Waals surface area contributed by atoms with Crippen LogP contribution in [0.4, 0.5) is 0 Å². The Hall–Kier alpha value is -2.23. The molecular formula is C26H16Br2O. The summed E-state index contributed by atoms with van der Waals surface area (Å²) in [6.45, 7) is 0. The van der Waals surface area contributed by atoms with E-state index < -0.39 is 5.41 Å². The van der Waals surface area contributed by atoms with Gasteiger partial charge in [-0.2, -0.15) is 0 Å². The topological polar surface area (TPSA) is 17.1 Å². The van der Waals surface area contributed by atoms with Crippen molar-refractivity contribution in [3.05, 3.63) is 121 Å². The fraction of sp³-hybridized carbons (Fsp3) is 0.115. The zero-order chi connectivity index (χ0) is 19.8. The maximum Gasteiger partial charge on any atom is 0.193 e. The molecule has 3 heteroatoms. The number of rotatable bonds is 0. The summed E-state index contributed by atoms with van der Waals surface area (Å²) in [5.41, 5.74) is 8.68. The van der Waals surface area contributed by atoms with Gasteiger partial charge in [-0.1, -0.05) is 74.3 Å². The summed E-state index contributed by atoms with van der Waals surface area (Å²) in [6, 6.07) is 21.0. The first-order valence-corrected chi connectivity index (χ1v) is 11.4. The number of fused-ring (bicyclic) bond motifs is 8. The predicted octanol–water partition coefficient (Wildman–Crippen LogP) is 7.21. The summed E-state index contributed by atoms with van der Waals surface area (Å²) in [7, 11) is 0. The average molecular weight is 504 g/mol. The summed E-state index contributed by atoms with van der Waals surface area (Å²) in [5, 5.41) is 0. The van der Waals surface area contributed by atoms with Crippen LogP contribution in [0.15, 0.2) is 87.3 Å². The standard InChI is InChI=1S/C26H16Br2O/c27-15-10-12-23-20(13-15)25(29)19-11-9-16(28)14-24(19)26(23)21-7-3-1-5-17(21)18-6-2-4-8-22(18)26/h1-3,5-7,9-14H,4,8H2. The second kappa shape index (κ2) is 6.13. The summed E-state index contributed by atoms with van der Waals surface area (Å²) in [6.07, 6.45) is 6.57. The number of carbonyl (C=O) groups is 1. The number of hydrogen-bond acceptors (Lipinski definition) is 1. The zero-order valence-corrected chi connectivity index (χ0v) is 18.7. The molecule has 0 radical (unpaired) electrons. The highest BCUT2D eigenvalue weighted by molar-refractivity contribution is 9.10. The molecular weight excluding hydrogens is 488 g/mol. The van der Waals surface area contributed by atoms with E-state index in [0.29, 0.717) is 0 Å². The number of carbonyl (C=O) groups excluding carboxylic acids is 1. The number of halogens is 2. The fourth-order valence-electron chi connectivity index (χ4n) is 5.48. The minimum atomic E-state index is -0.417. The molecule has 1 spiro atoms. The number of allylic oxidation sites excluding steroid dienone is 4. The molecule has 1 unspecified atom stereocenters. The predicted molar refractivity (Wildman–Crippen MR) is 123 cm³/mol. The maximum absolute atomic E-state index is 13.5. The van der Waals surface area contributed by atoms with Crippen LogP contribution in [0.25, 0.3) is 5.57 Å². The molecule has 140 valence electrons. The Balaban J connectivity index is 1.85. The highest BCUT2D eigenvalue weighted by Gasteiger charge is 2.52. The maximum atomic E-state index is 13.5.